The second-order valence-corrected chi connectivity index (χ2v) is 6.33. The summed E-state index contributed by atoms with van der Waals surface area (Å²) in [5.74, 6) is 3.58. The average Bonchev–Trinajstić information content (AvgIpc) is 3.30. The van der Waals surface area contributed by atoms with Crippen LogP contribution in [-0.2, 0) is 6.42 Å². The summed E-state index contributed by atoms with van der Waals surface area (Å²) in [5.41, 5.74) is 8.66. The fourth-order valence-electron chi connectivity index (χ4n) is 3.15. The van der Waals surface area contributed by atoms with E-state index in [9.17, 15) is 0 Å². The highest BCUT2D eigenvalue weighted by Gasteiger charge is 2.29. The van der Waals surface area contributed by atoms with E-state index in [-0.39, 0.29) is 0 Å². The minimum atomic E-state index is 0.518. The van der Waals surface area contributed by atoms with Gasteiger partial charge in [0.05, 0.1) is 0 Å². The van der Waals surface area contributed by atoms with Gasteiger partial charge in [-0.25, -0.2) is 9.97 Å². The first kappa shape index (κ1) is 12.6. The number of rotatable bonds is 2. The third-order valence-corrected chi connectivity index (χ3v) is 4.31. The number of hydrogen-bond donors (Lipinski definition) is 1. The van der Waals surface area contributed by atoms with Crippen molar-refractivity contribution in [1.29, 1.82) is 0 Å². The quantitative estimate of drug-likeness (QED) is 0.917. The second-order valence-electron chi connectivity index (χ2n) is 6.33. The minimum Gasteiger partial charge on any atom is -0.384 e. The maximum Gasteiger partial charge on any atom is 0.138 e. The van der Waals surface area contributed by atoms with E-state index in [0.29, 0.717) is 17.7 Å². The van der Waals surface area contributed by atoms with E-state index >= 15 is 0 Å². The van der Waals surface area contributed by atoms with Crippen LogP contribution in [0.25, 0.3) is 0 Å². The first-order valence-electron chi connectivity index (χ1n) is 7.70. The zero-order valence-electron chi connectivity index (χ0n) is 12.3. The Kier molecular flexibility index (Phi) is 2.84. The molecule has 1 aromatic heterocycles. The van der Waals surface area contributed by atoms with Gasteiger partial charge in [0, 0.05) is 24.2 Å². The fourth-order valence-corrected chi connectivity index (χ4v) is 3.15. The number of anilines is 3. The van der Waals surface area contributed by atoms with E-state index in [2.05, 4.69) is 41.1 Å². The van der Waals surface area contributed by atoms with Crippen LogP contribution in [0.3, 0.4) is 0 Å². The Morgan fingerprint density at radius 2 is 2.00 bits per heavy atom. The summed E-state index contributed by atoms with van der Waals surface area (Å²) < 4.78 is 0. The molecule has 0 bridgehead atoms. The molecule has 0 saturated heterocycles. The zero-order valence-corrected chi connectivity index (χ0v) is 12.3. The molecular formula is C17H20N4. The number of fused-ring (bicyclic) bond motifs is 1. The number of nitrogens with zero attached hydrogens (tertiary/aromatic N) is 3. The number of aromatic nitrogens is 2. The van der Waals surface area contributed by atoms with Gasteiger partial charge in [0.1, 0.15) is 17.5 Å². The lowest BCUT2D eigenvalue weighted by atomic mass is 9.94. The number of nitrogens with two attached hydrogens (primary N) is 1. The predicted octanol–water partition coefficient (Wildman–Crippen LogP) is 3.27. The number of hydrogen-bond acceptors (Lipinski definition) is 4. The van der Waals surface area contributed by atoms with Crippen molar-refractivity contribution in [1.82, 2.24) is 9.97 Å². The van der Waals surface area contributed by atoms with E-state index in [1.165, 1.54) is 24.1 Å². The van der Waals surface area contributed by atoms with Crippen molar-refractivity contribution in [2.24, 2.45) is 5.92 Å². The van der Waals surface area contributed by atoms with Gasteiger partial charge < -0.3 is 10.6 Å². The van der Waals surface area contributed by atoms with Crippen molar-refractivity contribution >= 4 is 17.3 Å². The molecule has 4 rings (SSSR count). The predicted molar refractivity (Wildman–Crippen MR) is 84.7 cm³/mol. The topological polar surface area (TPSA) is 55.0 Å². The molecule has 1 aromatic carbocycles. The lowest BCUT2D eigenvalue weighted by Gasteiger charge is -2.34. The molecule has 1 fully saturated rings. The molecule has 0 amide bonds. The highest BCUT2D eigenvalue weighted by Crippen LogP contribution is 2.40. The maximum absolute atomic E-state index is 6.01. The Balaban J connectivity index is 1.79. The maximum atomic E-state index is 6.01. The molecule has 0 spiro atoms. The molecule has 1 atom stereocenters. The smallest absolute Gasteiger partial charge is 0.138 e. The molecular weight excluding hydrogens is 260 g/mol. The minimum absolute atomic E-state index is 0.518. The molecule has 1 unspecified atom stereocenters. The van der Waals surface area contributed by atoms with E-state index < -0.39 is 0 Å². The van der Waals surface area contributed by atoms with Gasteiger partial charge in [-0.1, -0.05) is 25.1 Å². The van der Waals surface area contributed by atoms with Crippen molar-refractivity contribution in [3.8, 4) is 0 Å². The van der Waals surface area contributed by atoms with Gasteiger partial charge in [-0.05, 0) is 36.8 Å². The summed E-state index contributed by atoms with van der Waals surface area (Å²) in [6.07, 6.45) is 3.51. The van der Waals surface area contributed by atoms with Crippen LogP contribution in [-0.4, -0.2) is 16.5 Å². The van der Waals surface area contributed by atoms with Gasteiger partial charge in [0.25, 0.3) is 0 Å². The molecule has 2 aliphatic rings. The number of benzene rings is 1. The monoisotopic (exact) mass is 280 g/mol. The Labute approximate surface area is 125 Å². The summed E-state index contributed by atoms with van der Waals surface area (Å²) in [4.78, 5) is 11.5. The normalized spacial score (nSPS) is 21.2. The molecule has 2 aromatic rings. The van der Waals surface area contributed by atoms with Crippen molar-refractivity contribution in [2.45, 2.75) is 32.1 Å². The van der Waals surface area contributed by atoms with Crippen LogP contribution in [0.5, 0.6) is 0 Å². The Morgan fingerprint density at radius 1 is 1.19 bits per heavy atom. The van der Waals surface area contributed by atoms with Crippen molar-refractivity contribution < 1.29 is 0 Å². The van der Waals surface area contributed by atoms with E-state index in [1.807, 2.05) is 6.07 Å². The van der Waals surface area contributed by atoms with Gasteiger partial charge in [0.15, 0.2) is 0 Å². The molecule has 2 heterocycles. The van der Waals surface area contributed by atoms with Crippen LogP contribution < -0.4 is 10.6 Å². The van der Waals surface area contributed by atoms with Gasteiger partial charge in [-0.2, -0.15) is 0 Å². The van der Waals surface area contributed by atoms with Crippen LogP contribution in [0.15, 0.2) is 30.3 Å². The Morgan fingerprint density at radius 3 is 2.81 bits per heavy atom. The summed E-state index contributed by atoms with van der Waals surface area (Å²) in [6.45, 7) is 3.27. The van der Waals surface area contributed by atoms with E-state index in [4.69, 9.17) is 10.7 Å². The molecule has 21 heavy (non-hydrogen) atoms. The second kappa shape index (κ2) is 4.72. The lowest BCUT2D eigenvalue weighted by Crippen LogP contribution is -2.31. The van der Waals surface area contributed by atoms with Gasteiger partial charge in [-0.15, -0.1) is 0 Å². The van der Waals surface area contributed by atoms with Crippen LogP contribution in [0.1, 0.15) is 37.1 Å². The SMILES string of the molecule is CC1Cc2ccccc2N(c2cc(N)nc(C3CC3)n2)C1. The highest BCUT2D eigenvalue weighted by molar-refractivity contribution is 5.67. The Hall–Kier alpha value is -2.10. The van der Waals surface area contributed by atoms with Gasteiger partial charge in [0.2, 0.25) is 0 Å². The van der Waals surface area contributed by atoms with Crippen LogP contribution in [0.4, 0.5) is 17.3 Å². The standard InChI is InChI=1S/C17H20N4/c1-11-8-13-4-2-3-5-14(13)21(10-11)16-9-15(18)19-17(20-16)12-6-7-12/h2-5,9,11-12H,6-8,10H2,1H3,(H2,18,19,20). The molecule has 4 nitrogen and oxygen atoms in total. The largest absolute Gasteiger partial charge is 0.384 e. The van der Waals surface area contributed by atoms with Crippen LogP contribution in [0, 0.1) is 5.92 Å². The lowest BCUT2D eigenvalue weighted by molar-refractivity contribution is 0.559. The third kappa shape index (κ3) is 2.35. The Bertz CT molecular complexity index is 678. The van der Waals surface area contributed by atoms with E-state index in [1.54, 1.807) is 0 Å². The third-order valence-electron chi connectivity index (χ3n) is 4.31. The summed E-state index contributed by atoms with van der Waals surface area (Å²) >= 11 is 0. The summed E-state index contributed by atoms with van der Waals surface area (Å²) in [7, 11) is 0. The van der Waals surface area contributed by atoms with Crippen molar-refractivity contribution in [3.05, 3.63) is 41.7 Å². The molecule has 1 aliphatic carbocycles. The summed E-state index contributed by atoms with van der Waals surface area (Å²) in [6, 6.07) is 10.5. The molecule has 0 radical (unpaired) electrons. The summed E-state index contributed by atoms with van der Waals surface area (Å²) in [5, 5.41) is 0. The van der Waals surface area contributed by atoms with Crippen molar-refractivity contribution in [3.63, 3.8) is 0 Å². The first-order chi connectivity index (χ1) is 10.2. The van der Waals surface area contributed by atoms with Crippen molar-refractivity contribution in [2.75, 3.05) is 17.2 Å². The fraction of sp³-hybridized carbons (Fsp3) is 0.412. The first-order valence-corrected chi connectivity index (χ1v) is 7.70. The van der Waals surface area contributed by atoms with E-state index in [0.717, 1.165) is 24.6 Å². The van der Waals surface area contributed by atoms with Crippen LogP contribution in [0.2, 0.25) is 0 Å². The molecule has 1 aliphatic heterocycles. The number of para-hydroxylation sites is 1. The van der Waals surface area contributed by atoms with Gasteiger partial charge in [-0.3, -0.25) is 0 Å². The molecule has 1 saturated carbocycles. The molecule has 4 heteroatoms. The zero-order chi connectivity index (χ0) is 14.4. The highest BCUT2D eigenvalue weighted by atomic mass is 15.2. The average molecular weight is 280 g/mol. The van der Waals surface area contributed by atoms with Crippen LogP contribution >= 0.6 is 0 Å². The van der Waals surface area contributed by atoms with Gasteiger partial charge >= 0.3 is 0 Å². The molecule has 108 valence electrons. The number of nitrogen functional groups attached to an aromatic ring is 1. The molecule has 2 N–H and O–H groups in total.